The second kappa shape index (κ2) is 8.74. The zero-order chi connectivity index (χ0) is 23.4. The third kappa shape index (κ3) is 3.82. The number of halogens is 3. The maximum Gasteiger partial charge on any atom is 0.338 e. The molecule has 170 valence electrons. The van der Waals surface area contributed by atoms with Gasteiger partial charge in [0.05, 0.1) is 23.1 Å². The zero-order valence-corrected chi connectivity index (χ0v) is 21.9. The van der Waals surface area contributed by atoms with Gasteiger partial charge >= 0.3 is 5.97 Å². The van der Waals surface area contributed by atoms with Crippen LogP contribution in [0.15, 0.2) is 53.0 Å². The van der Waals surface area contributed by atoms with Gasteiger partial charge in [-0.2, -0.15) is 0 Å². The minimum atomic E-state index is -0.692. The molecule has 1 saturated heterocycles. The lowest BCUT2D eigenvalue weighted by molar-refractivity contribution is -0.123. The Bertz CT molecular complexity index is 1130. The summed E-state index contributed by atoms with van der Waals surface area (Å²) in [5.74, 6) is -1.88. The minimum Gasteiger partial charge on any atom is -0.454 e. The SMILES string of the molecule is O=C(COC(=O)c1cccc(N2C(=O)[C@H]3[C@@H]4C[C@@H]([C@@H](Br)[C@H]4Br)[C@@H]3C2=O)c1)c1ccc(Br)cc1. The van der Waals surface area contributed by atoms with Crippen LogP contribution in [0.1, 0.15) is 27.1 Å². The Morgan fingerprint density at radius 3 is 2.12 bits per heavy atom. The first-order chi connectivity index (χ1) is 15.8. The number of amides is 2. The van der Waals surface area contributed by atoms with E-state index in [1.807, 2.05) is 0 Å². The van der Waals surface area contributed by atoms with Crippen LogP contribution in [-0.4, -0.2) is 39.8 Å². The average molecular weight is 640 g/mol. The van der Waals surface area contributed by atoms with Gasteiger partial charge in [0.2, 0.25) is 11.8 Å². The molecule has 2 saturated carbocycles. The molecule has 0 unspecified atom stereocenters. The first-order valence-corrected chi connectivity index (χ1v) is 13.1. The molecule has 0 radical (unpaired) electrons. The van der Waals surface area contributed by atoms with Crippen molar-refractivity contribution in [3.8, 4) is 0 Å². The van der Waals surface area contributed by atoms with E-state index in [0.29, 0.717) is 11.3 Å². The fraction of sp³-hybridized carbons (Fsp3) is 0.333. The van der Waals surface area contributed by atoms with Gasteiger partial charge < -0.3 is 4.74 Å². The highest BCUT2D eigenvalue weighted by Crippen LogP contribution is 2.60. The highest BCUT2D eigenvalue weighted by atomic mass is 79.9. The van der Waals surface area contributed by atoms with Crippen molar-refractivity contribution >= 4 is 77.0 Å². The van der Waals surface area contributed by atoms with E-state index in [4.69, 9.17) is 4.74 Å². The van der Waals surface area contributed by atoms with Crippen LogP contribution in [0.2, 0.25) is 0 Å². The molecule has 3 fully saturated rings. The molecule has 2 aliphatic carbocycles. The van der Waals surface area contributed by atoms with Gasteiger partial charge in [-0.25, -0.2) is 4.79 Å². The van der Waals surface area contributed by atoms with E-state index < -0.39 is 12.6 Å². The number of esters is 1. The predicted molar refractivity (Wildman–Crippen MR) is 132 cm³/mol. The monoisotopic (exact) mass is 637 g/mol. The number of carbonyl (C=O) groups is 4. The van der Waals surface area contributed by atoms with Gasteiger partial charge in [0.25, 0.3) is 0 Å². The van der Waals surface area contributed by atoms with Crippen LogP contribution in [-0.2, 0) is 14.3 Å². The van der Waals surface area contributed by atoms with Crippen LogP contribution < -0.4 is 4.90 Å². The molecule has 6 atom stereocenters. The number of alkyl halides is 2. The topological polar surface area (TPSA) is 80.8 Å². The van der Waals surface area contributed by atoms with Gasteiger partial charge in [-0.3, -0.25) is 19.3 Å². The van der Waals surface area contributed by atoms with Crippen LogP contribution in [0.3, 0.4) is 0 Å². The van der Waals surface area contributed by atoms with Gasteiger partial charge in [-0.15, -0.1) is 0 Å². The average Bonchev–Trinajstić information content (AvgIpc) is 3.42. The number of rotatable bonds is 5. The van der Waals surface area contributed by atoms with Crippen molar-refractivity contribution in [2.24, 2.45) is 23.7 Å². The van der Waals surface area contributed by atoms with Crippen molar-refractivity contribution in [1.82, 2.24) is 0 Å². The number of carbonyl (C=O) groups excluding carboxylic acids is 4. The van der Waals surface area contributed by atoms with Gasteiger partial charge in [-0.05, 0) is 48.6 Å². The van der Waals surface area contributed by atoms with Crippen molar-refractivity contribution in [1.29, 1.82) is 0 Å². The van der Waals surface area contributed by atoms with Crippen molar-refractivity contribution in [2.75, 3.05) is 11.5 Å². The molecular weight excluding hydrogens is 622 g/mol. The summed E-state index contributed by atoms with van der Waals surface area (Å²) in [4.78, 5) is 52.8. The Hall–Kier alpha value is -1.84. The number of hydrogen-bond donors (Lipinski definition) is 0. The molecule has 5 rings (SSSR count). The maximum atomic E-state index is 13.2. The first-order valence-electron chi connectivity index (χ1n) is 10.5. The molecule has 0 spiro atoms. The number of ketones is 1. The van der Waals surface area contributed by atoms with E-state index >= 15 is 0 Å². The van der Waals surface area contributed by atoms with Crippen molar-refractivity contribution in [3.05, 3.63) is 64.1 Å². The van der Waals surface area contributed by atoms with E-state index in [1.54, 1.807) is 36.4 Å². The van der Waals surface area contributed by atoms with Crippen LogP contribution in [0.25, 0.3) is 0 Å². The number of imide groups is 1. The van der Waals surface area contributed by atoms with E-state index in [1.165, 1.54) is 17.0 Å². The standard InChI is InChI=1S/C24H18Br3NO5/c25-13-6-4-11(5-7-13)17(29)10-33-24(32)12-2-1-3-14(8-12)28-22(30)18-15-9-16(19(18)23(28)31)21(27)20(15)26/h1-8,15-16,18-21H,9-10H2/t15-,16+,18-,19-,20-,21+/m0/s1. The number of fused-ring (bicyclic) bond motifs is 5. The fourth-order valence-corrected chi connectivity index (χ4v) is 7.45. The lowest BCUT2D eigenvalue weighted by Gasteiger charge is -2.28. The predicted octanol–water partition coefficient (Wildman–Crippen LogP) is 4.77. The molecule has 2 aromatic rings. The molecule has 3 aliphatic rings. The van der Waals surface area contributed by atoms with Crippen molar-refractivity contribution in [2.45, 2.75) is 16.1 Å². The fourth-order valence-electron chi connectivity index (χ4n) is 5.31. The largest absolute Gasteiger partial charge is 0.454 e. The normalized spacial score (nSPS) is 30.0. The van der Waals surface area contributed by atoms with Crippen LogP contribution in [0.4, 0.5) is 5.69 Å². The Labute approximate surface area is 215 Å². The third-order valence-electron chi connectivity index (χ3n) is 6.83. The van der Waals surface area contributed by atoms with Gasteiger partial charge in [0.1, 0.15) is 0 Å². The van der Waals surface area contributed by atoms with Gasteiger partial charge in [0, 0.05) is 19.7 Å². The molecule has 1 heterocycles. The van der Waals surface area contributed by atoms with E-state index in [9.17, 15) is 19.2 Å². The number of benzene rings is 2. The summed E-state index contributed by atoms with van der Waals surface area (Å²) >= 11 is 10.7. The summed E-state index contributed by atoms with van der Waals surface area (Å²) in [6, 6.07) is 13.0. The smallest absolute Gasteiger partial charge is 0.338 e. The summed E-state index contributed by atoms with van der Waals surface area (Å²) in [6.07, 6.45) is 0.852. The van der Waals surface area contributed by atoms with Gasteiger partial charge in [0.15, 0.2) is 12.4 Å². The molecule has 2 aromatic carbocycles. The Balaban J connectivity index is 1.31. The van der Waals surface area contributed by atoms with Crippen LogP contribution in [0.5, 0.6) is 0 Å². The number of hydrogen-bond acceptors (Lipinski definition) is 5. The maximum absolute atomic E-state index is 13.2. The summed E-state index contributed by atoms with van der Waals surface area (Å²) < 4.78 is 6.03. The molecule has 0 N–H and O–H groups in total. The zero-order valence-electron chi connectivity index (χ0n) is 17.1. The van der Waals surface area contributed by atoms with E-state index in [0.717, 1.165) is 10.9 Å². The summed E-state index contributed by atoms with van der Waals surface area (Å²) in [5.41, 5.74) is 0.961. The molecule has 1 aliphatic heterocycles. The molecule has 2 bridgehead atoms. The highest BCUT2D eigenvalue weighted by molar-refractivity contribution is 9.12. The molecule has 2 amide bonds. The Morgan fingerprint density at radius 2 is 1.52 bits per heavy atom. The lowest BCUT2D eigenvalue weighted by Crippen LogP contribution is -2.37. The van der Waals surface area contributed by atoms with E-state index in [-0.39, 0.29) is 56.5 Å². The molecule has 9 heteroatoms. The molecule has 33 heavy (non-hydrogen) atoms. The lowest BCUT2D eigenvalue weighted by atomic mass is 9.81. The first kappa shape index (κ1) is 22.9. The Kier molecular flexibility index (Phi) is 6.07. The number of anilines is 1. The van der Waals surface area contributed by atoms with E-state index in [2.05, 4.69) is 47.8 Å². The van der Waals surface area contributed by atoms with Crippen molar-refractivity contribution in [3.63, 3.8) is 0 Å². The summed E-state index contributed by atoms with van der Waals surface area (Å²) in [5, 5.41) is 0. The van der Waals surface area contributed by atoms with Gasteiger partial charge in [-0.1, -0.05) is 66.0 Å². The number of nitrogens with zero attached hydrogens (tertiary/aromatic N) is 1. The minimum absolute atomic E-state index is 0.114. The molecule has 0 aromatic heterocycles. The third-order valence-corrected chi connectivity index (χ3v) is 10.6. The van der Waals surface area contributed by atoms with Crippen molar-refractivity contribution < 1.29 is 23.9 Å². The highest BCUT2D eigenvalue weighted by Gasteiger charge is 2.66. The second-order valence-corrected chi connectivity index (χ2v) is 11.6. The summed E-state index contributed by atoms with van der Waals surface area (Å²) in [7, 11) is 0. The molecular formula is C24H18Br3NO5. The second-order valence-electron chi connectivity index (χ2n) is 8.57. The van der Waals surface area contributed by atoms with Crippen LogP contribution in [0, 0.1) is 23.7 Å². The van der Waals surface area contributed by atoms with Crippen LogP contribution >= 0.6 is 47.8 Å². The quantitative estimate of drug-likeness (QED) is 0.204. The summed E-state index contributed by atoms with van der Waals surface area (Å²) in [6.45, 7) is -0.404. The number of ether oxygens (including phenoxy) is 1. The number of Topliss-reactive ketones (excluding diaryl/α,β-unsaturated/α-hetero) is 1. The Morgan fingerprint density at radius 1 is 0.909 bits per heavy atom. The molecule has 6 nitrogen and oxygen atoms in total.